The van der Waals surface area contributed by atoms with Crippen molar-refractivity contribution < 1.29 is 4.43 Å². The zero-order valence-electron chi connectivity index (χ0n) is 10.6. The summed E-state index contributed by atoms with van der Waals surface area (Å²) in [5, 5.41) is 0. The molecule has 1 nitrogen and oxygen atoms in total. The SMILES string of the molecule is C=C(C)[C@@H]1C=CC(C)=C(O[Si](C)(C)C)C1. The van der Waals surface area contributed by atoms with Gasteiger partial charge < -0.3 is 4.43 Å². The Labute approximate surface area is 94.7 Å². The highest BCUT2D eigenvalue weighted by Gasteiger charge is 2.22. The van der Waals surface area contributed by atoms with Crippen molar-refractivity contribution in [1.82, 2.24) is 0 Å². The normalized spacial score (nSPS) is 21.8. The minimum atomic E-state index is -1.47. The van der Waals surface area contributed by atoms with Gasteiger partial charge in [-0.05, 0) is 39.1 Å². The number of rotatable bonds is 3. The summed E-state index contributed by atoms with van der Waals surface area (Å²) in [6.45, 7) is 14.9. The third-order valence-corrected chi connectivity index (χ3v) is 3.34. The number of hydrogen-bond acceptors (Lipinski definition) is 1. The molecule has 1 atom stereocenters. The van der Waals surface area contributed by atoms with E-state index in [1.165, 1.54) is 16.9 Å². The predicted octanol–water partition coefficient (Wildman–Crippen LogP) is 4.26. The minimum Gasteiger partial charge on any atom is -0.547 e. The van der Waals surface area contributed by atoms with Crippen LogP contribution in [0.15, 0.2) is 35.6 Å². The topological polar surface area (TPSA) is 9.23 Å². The van der Waals surface area contributed by atoms with Crippen LogP contribution in [0.25, 0.3) is 0 Å². The summed E-state index contributed by atoms with van der Waals surface area (Å²) in [6.07, 6.45) is 5.38. The maximum atomic E-state index is 6.10. The third kappa shape index (κ3) is 3.71. The number of hydrogen-bond donors (Lipinski definition) is 0. The van der Waals surface area contributed by atoms with Crippen molar-refractivity contribution in [2.75, 3.05) is 0 Å². The quantitative estimate of drug-likeness (QED) is 0.512. The Balaban J connectivity index is 2.79. The largest absolute Gasteiger partial charge is 0.547 e. The van der Waals surface area contributed by atoms with Crippen molar-refractivity contribution in [3.05, 3.63) is 35.6 Å². The van der Waals surface area contributed by atoms with E-state index < -0.39 is 8.32 Å². The first-order chi connectivity index (χ1) is 6.79. The van der Waals surface area contributed by atoms with Crippen LogP contribution in [0.4, 0.5) is 0 Å². The molecule has 0 fully saturated rings. The molecule has 0 bridgehead atoms. The van der Waals surface area contributed by atoms with E-state index in [2.05, 4.69) is 52.2 Å². The second kappa shape index (κ2) is 4.39. The minimum absolute atomic E-state index is 0.458. The van der Waals surface area contributed by atoms with Gasteiger partial charge in [-0.2, -0.15) is 0 Å². The maximum absolute atomic E-state index is 6.10. The van der Waals surface area contributed by atoms with Crippen LogP contribution >= 0.6 is 0 Å². The molecular weight excluding hydrogens is 200 g/mol. The van der Waals surface area contributed by atoms with Gasteiger partial charge in [-0.25, -0.2) is 0 Å². The van der Waals surface area contributed by atoms with Gasteiger partial charge in [0.1, 0.15) is 0 Å². The molecule has 1 aliphatic rings. The average Bonchev–Trinajstić information content (AvgIpc) is 2.06. The Bertz CT molecular complexity index is 318. The lowest BCUT2D eigenvalue weighted by Gasteiger charge is -2.28. The van der Waals surface area contributed by atoms with Crippen LogP contribution in [0.2, 0.25) is 19.6 Å². The lowest BCUT2D eigenvalue weighted by molar-refractivity contribution is 0.379. The Morgan fingerprint density at radius 2 is 2.07 bits per heavy atom. The van der Waals surface area contributed by atoms with Crippen molar-refractivity contribution in [2.24, 2.45) is 5.92 Å². The highest BCUT2D eigenvalue weighted by Crippen LogP contribution is 2.30. The van der Waals surface area contributed by atoms with Crippen LogP contribution in [0.5, 0.6) is 0 Å². The molecule has 2 heteroatoms. The second-order valence-corrected chi connectivity index (χ2v) is 9.77. The maximum Gasteiger partial charge on any atom is 0.241 e. The van der Waals surface area contributed by atoms with Crippen LogP contribution in [0, 0.1) is 5.92 Å². The van der Waals surface area contributed by atoms with Crippen molar-refractivity contribution in [3.63, 3.8) is 0 Å². The van der Waals surface area contributed by atoms with Gasteiger partial charge >= 0.3 is 0 Å². The molecule has 0 saturated heterocycles. The van der Waals surface area contributed by atoms with Gasteiger partial charge in [0, 0.05) is 12.3 Å². The molecule has 0 heterocycles. The molecule has 0 aliphatic heterocycles. The van der Waals surface area contributed by atoms with E-state index in [9.17, 15) is 0 Å². The van der Waals surface area contributed by atoms with Crippen LogP contribution in [-0.4, -0.2) is 8.32 Å². The van der Waals surface area contributed by atoms with Crippen molar-refractivity contribution in [1.29, 1.82) is 0 Å². The molecule has 0 aromatic rings. The van der Waals surface area contributed by atoms with Gasteiger partial charge in [0.05, 0.1) is 5.76 Å². The average molecular weight is 222 g/mol. The molecule has 0 aromatic heterocycles. The van der Waals surface area contributed by atoms with E-state index in [0.29, 0.717) is 5.92 Å². The molecule has 15 heavy (non-hydrogen) atoms. The molecule has 0 radical (unpaired) electrons. The van der Waals surface area contributed by atoms with Gasteiger partial charge in [-0.15, -0.1) is 0 Å². The summed E-state index contributed by atoms with van der Waals surface area (Å²) in [6, 6.07) is 0. The van der Waals surface area contributed by atoms with Crippen molar-refractivity contribution >= 4 is 8.32 Å². The fourth-order valence-corrected chi connectivity index (χ4v) is 2.60. The van der Waals surface area contributed by atoms with Gasteiger partial charge in [0.15, 0.2) is 0 Å². The molecule has 0 aromatic carbocycles. The summed E-state index contributed by atoms with van der Waals surface area (Å²) < 4.78 is 6.10. The third-order valence-electron chi connectivity index (χ3n) is 2.49. The summed E-state index contributed by atoms with van der Waals surface area (Å²) in [5.41, 5.74) is 2.49. The standard InChI is InChI=1S/C13H22OSi/c1-10(2)12-8-7-11(3)13(9-12)14-15(4,5)6/h7-8,12H,1,9H2,2-6H3/t12-/m1/s1. The van der Waals surface area contributed by atoms with Gasteiger partial charge in [0.2, 0.25) is 8.32 Å². The summed E-state index contributed by atoms with van der Waals surface area (Å²) in [5.74, 6) is 1.63. The molecule has 1 rings (SSSR count). The van der Waals surface area contributed by atoms with Gasteiger partial charge in [0.25, 0.3) is 0 Å². The molecule has 84 valence electrons. The van der Waals surface area contributed by atoms with Gasteiger partial charge in [-0.1, -0.05) is 24.3 Å². The fraction of sp³-hybridized carbons (Fsp3) is 0.538. The first kappa shape index (κ1) is 12.3. The monoisotopic (exact) mass is 222 g/mol. The van der Waals surface area contributed by atoms with Crippen molar-refractivity contribution in [2.45, 2.75) is 39.9 Å². The van der Waals surface area contributed by atoms with Crippen LogP contribution < -0.4 is 0 Å². The Morgan fingerprint density at radius 1 is 1.47 bits per heavy atom. The molecule has 0 saturated carbocycles. The first-order valence-corrected chi connectivity index (χ1v) is 8.93. The summed E-state index contributed by atoms with van der Waals surface area (Å²) in [4.78, 5) is 0. The summed E-state index contributed by atoms with van der Waals surface area (Å²) >= 11 is 0. The van der Waals surface area contributed by atoms with Crippen LogP contribution in [0.1, 0.15) is 20.3 Å². The van der Waals surface area contributed by atoms with Crippen LogP contribution in [0.3, 0.4) is 0 Å². The lowest BCUT2D eigenvalue weighted by atomic mass is 9.91. The molecule has 0 spiro atoms. The van der Waals surface area contributed by atoms with Crippen LogP contribution in [-0.2, 0) is 4.43 Å². The fourth-order valence-electron chi connectivity index (χ4n) is 1.61. The molecule has 0 N–H and O–H groups in total. The zero-order valence-corrected chi connectivity index (χ0v) is 11.6. The Hall–Kier alpha value is -0.763. The first-order valence-electron chi connectivity index (χ1n) is 5.52. The number of allylic oxidation sites excluding steroid dienone is 5. The Kier molecular flexibility index (Phi) is 3.61. The van der Waals surface area contributed by atoms with Crippen molar-refractivity contribution in [3.8, 4) is 0 Å². The van der Waals surface area contributed by atoms with E-state index in [-0.39, 0.29) is 0 Å². The molecular formula is C13H22OSi. The van der Waals surface area contributed by atoms with E-state index >= 15 is 0 Å². The second-order valence-electron chi connectivity index (χ2n) is 5.34. The molecule has 1 aliphatic carbocycles. The summed E-state index contributed by atoms with van der Waals surface area (Å²) in [7, 11) is -1.47. The zero-order chi connectivity index (χ0) is 11.6. The highest BCUT2D eigenvalue weighted by molar-refractivity contribution is 6.70. The smallest absolute Gasteiger partial charge is 0.241 e. The van der Waals surface area contributed by atoms with E-state index in [1.807, 2.05) is 0 Å². The molecule has 0 unspecified atom stereocenters. The van der Waals surface area contributed by atoms with Gasteiger partial charge in [-0.3, -0.25) is 0 Å². The predicted molar refractivity (Wildman–Crippen MR) is 69.2 cm³/mol. The van der Waals surface area contributed by atoms with E-state index in [0.717, 1.165) is 6.42 Å². The van der Waals surface area contributed by atoms with E-state index in [1.54, 1.807) is 0 Å². The lowest BCUT2D eigenvalue weighted by Crippen LogP contribution is -2.26. The van der Waals surface area contributed by atoms with E-state index in [4.69, 9.17) is 4.43 Å². The Morgan fingerprint density at radius 3 is 2.53 bits per heavy atom. The highest BCUT2D eigenvalue weighted by atomic mass is 28.4. The molecule has 0 amide bonds.